The Morgan fingerprint density at radius 3 is 2.36 bits per heavy atom. The third kappa shape index (κ3) is 4.67. The number of carbonyl (C=O) groups excluding carboxylic acids is 2. The molecule has 5 nitrogen and oxygen atoms in total. The van der Waals surface area contributed by atoms with Gasteiger partial charge in [0.15, 0.2) is 0 Å². The van der Waals surface area contributed by atoms with Gasteiger partial charge >= 0.3 is 6.09 Å². The average molecular weight is 339 g/mol. The molecule has 130 valence electrons. The highest BCUT2D eigenvalue weighted by Crippen LogP contribution is 2.17. The number of carbonyl (C=O) groups is 2. The van der Waals surface area contributed by atoms with Crippen molar-refractivity contribution in [1.82, 2.24) is 4.90 Å². The Kier molecular flexibility index (Phi) is 5.80. The summed E-state index contributed by atoms with van der Waals surface area (Å²) in [6.07, 6.45) is 0.728. The van der Waals surface area contributed by atoms with Crippen LogP contribution in [0.5, 0.6) is 0 Å². The van der Waals surface area contributed by atoms with Gasteiger partial charge in [0.2, 0.25) is 0 Å². The van der Waals surface area contributed by atoms with E-state index in [1.807, 2.05) is 60.7 Å². The van der Waals surface area contributed by atoms with Crippen LogP contribution < -0.4 is 0 Å². The van der Waals surface area contributed by atoms with Gasteiger partial charge in [0.05, 0.1) is 12.6 Å². The first-order valence-electron chi connectivity index (χ1n) is 8.38. The van der Waals surface area contributed by atoms with E-state index in [1.165, 1.54) is 4.90 Å². The predicted octanol–water partition coefficient (Wildman–Crippen LogP) is 2.84. The largest absolute Gasteiger partial charge is 0.447 e. The standard InChI is InChI=1S/C20H21NO4/c22-19(15-24-12-11-16-7-3-1-4-8-16)21-18(14-25-20(21)23)13-17-9-5-2-6-10-17/h1-10,18H,11-15H2. The van der Waals surface area contributed by atoms with E-state index < -0.39 is 6.09 Å². The molecule has 1 saturated heterocycles. The van der Waals surface area contributed by atoms with Crippen molar-refractivity contribution >= 4 is 12.0 Å². The first-order valence-corrected chi connectivity index (χ1v) is 8.38. The van der Waals surface area contributed by atoms with E-state index in [9.17, 15) is 9.59 Å². The SMILES string of the molecule is O=C(COCCc1ccccc1)N1C(=O)OCC1Cc1ccccc1. The minimum absolute atomic E-state index is 0.118. The number of hydrogen-bond donors (Lipinski definition) is 0. The number of rotatable bonds is 7. The summed E-state index contributed by atoms with van der Waals surface area (Å²) in [5.41, 5.74) is 2.21. The molecular formula is C20H21NO4. The maximum atomic E-state index is 12.4. The third-order valence-electron chi connectivity index (χ3n) is 4.15. The zero-order chi connectivity index (χ0) is 17.5. The van der Waals surface area contributed by atoms with Crippen LogP contribution in [0.25, 0.3) is 0 Å². The lowest BCUT2D eigenvalue weighted by Crippen LogP contribution is -2.42. The van der Waals surface area contributed by atoms with Crippen molar-refractivity contribution in [3.05, 3.63) is 71.8 Å². The van der Waals surface area contributed by atoms with Crippen molar-refractivity contribution in [1.29, 1.82) is 0 Å². The molecule has 25 heavy (non-hydrogen) atoms. The minimum Gasteiger partial charge on any atom is -0.447 e. The molecule has 1 atom stereocenters. The van der Waals surface area contributed by atoms with Gasteiger partial charge in [0.25, 0.3) is 5.91 Å². The van der Waals surface area contributed by atoms with Gasteiger partial charge in [-0.05, 0) is 24.0 Å². The van der Waals surface area contributed by atoms with Crippen LogP contribution in [0.1, 0.15) is 11.1 Å². The molecule has 2 amide bonds. The highest BCUT2D eigenvalue weighted by Gasteiger charge is 2.37. The molecule has 0 radical (unpaired) electrons. The Morgan fingerprint density at radius 1 is 1.04 bits per heavy atom. The average Bonchev–Trinajstić information content (AvgIpc) is 3.00. The number of hydrogen-bond acceptors (Lipinski definition) is 4. The van der Waals surface area contributed by atoms with Crippen molar-refractivity contribution in [2.24, 2.45) is 0 Å². The van der Waals surface area contributed by atoms with E-state index >= 15 is 0 Å². The van der Waals surface area contributed by atoms with Crippen LogP contribution in [0.4, 0.5) is 4.79 Å². The zero-order valence-electron chi connectivity index (χ0n) is 14.0. The second kappa shape index (κ2) is 8.44. The van der Waals surface area contributed by atoms with Crippen molar-refractivity contribution < 1.29 is 19.1 Å². The molecule has 1 aliphatic rings. The van der Waals surface area contributed by atoms with E-state index in [2.05, 4.69) is 0 Å². The molecule has 0 N–H and O–H groups in total. The molecule has 1 heterocycles. The van der Waals surface area contributed by atoms with Crippen LogP contribution in [-0.2, 0) is 27.1 Å². The fourth-order valence-electron chi connectivity index (χ4n) is 2.87. The summed E-state index contributed by atoms with van der Waals surface area (Å²) >= 11 is 0. The number of nitrogens with zero attached hydrogens (tertiary/aromatic N) is 1. The zero-order valence-corrected chi connectivity index (χ0v) is 14.0. The topological polar surface area (TPSA) is 55.8 Å². The van der Waals surface area contributed by atoms with Crippen LogP contribution in [-0.4, -0.2) is 42.8 Å². The van der Waals surface area contributed by atoms with E-state index in [4.69, 9.17) is 9.47 Å². The van der Waals surface area contributed by atoms with Gasteiger partial charge in [0, 0.05) is 0 Å². The van der Waals surface area contributed by atoms with Gasteiger partial charge < -0.3 is 9.47 Å². The summed E-state index contributed by atoms with van der Waals surface area (Å²) in [6.45, 7) is 0.540. The first kappa shape index (κ1) is 17.2. The van der Waals surface area contributed by atoms with Crippen molar-refractivity contribution in [2.75, 3.05) is 19.8 Å². The van der Waals surface area contributed by atoms with E-state index in [-0.39, 0.29) is 25.2 Å². The Morgan fingerprint density at radius 2 is 1.68 bits per heavy atom. The summed E-state index contributed by atoms with van der Waals surface area (Å²) < 4.78 is 10.5. The third-order valence-corrected chi connectivity index (χ3v) is 4.15. The summed E-state index contributed by atoms with van der Waals surface area (Å²) in [4.78, 5) is 25.5. The Balaban J connectivity index is 1.49. The first-order chi connectivity index (χ1) is 12.2. The Labute approximate surface area is 147 Å². The molecule has 1 unspecified atom stereocenters. The van der Waals surface area contributed by atoms with Crippen molar-refractivity contribution in [2.45, 2.75) is 18.9 Å². The van der Waals surface area contributed by atoms with E-state index in [0.717, 1.165) is 17.5 Å². The molecule has 3 rings (SSSR count). The van der Waals surface area contributed by atoms with E-state index in [0.29, 0.717) is 13.0 Å². The van der Waals surface area contributed by atoms with Gasteiger partial charge in [-0.2, -0.15) is 0 Å². The second-order valence-electron chi connectivity index (χ2n) is 5.97. The number of imide groups is 1. The van der Waals surface area contributed by atoms with Crippen molar-refractivity contribution in [3.63, 3.8) is 0 Å². The molecule has 2 aromatic carbocycles. The monoisotopic (exact) mass is 339 g/mol. The van der Waals surface area contributed by atoms with E-state index in [1.54, 1.807) is 0 Å². The summed E-state index contributed by atoms with van der Waals surface area (Å²) in [5.74, 6) is -0.350. The lowest BCUT2D eigenvalue weighted by Gasteiger charge is -2.19. The summed E-state index contributed by atoms with van der Waals surface area (Å²) in [6, 6.07) is 19.4. The fourth-order valence-corrected chi connectivity index (χ4v) is 2.87. The molecular weight excluding hydrogens is 318 g/mol. The van der Waals surface area contributed by atoms with Crippen molar-refractivity contribution in [3.8, 4) is 0 Å². The molecule has 0 bridgehead atoms. The molecule has 1 aliphatic heterocycles. The van der Waals surface area contributed by atoms with Gasteiger partial charge in [-0.15, -0.1) is 0 Å². The highest BCUT2D eigenvalue weighted by molar-refractivity contribution is 5.94. The van der Waals surface area contributed by atoms with Gasteiger partial charge in [-0.3, -0.25) is 4.79 Å². The molecule has 5 heteroatoms. The lowest BCUT2D eigenvalue weighted by atomic mass is 10.1. The smallest absolute Gasteiger partial charge is 0.417 e. The molecule has 0 aromatic heterocycles. The maximum Gasteiger partial charge on any atom is 0.417 e. The maximum absolute atomic E-state index is 12.4. The van der Waals surface area contributed by atoms with Crippen LogP contribution in [0.2, 0.25) is 0 Å². The normalized spacial score (nSPS) is 16.7. The summed E-state index contributed by atoms with van der Waals surface area (Å²) in [5, 5.41) is 0. The second-order valence-corrected chi connectivity index (χ2v) is 5.97. The molecule has 0 spiro atoms. The number of amides is 2. The number of cyclic esters (lactones) is 1. The van der Waals surface area contributed by atoms with Gasteiger partial charge in [-0.1, -0.05) is 60.7 Å². The number of benzene rings is 2. The Bertz CT molecular complexity index is 702. The lowest BCUT2D eigenvalue weighted by molar-refractivity contribution is -0.134. The molecule has 0 aliphatic carbocycles. The van der Waals surface area contributed by atoms with Crippen LogP contribution in [0.15, 0.2) is 60.7 Å². The fraction of sp³-hybridized carbons (Fsp3) is 0.300. The van der Waals surface area contributed by atoms with Gasteiger partial charge in [0.1, 0.15) is 13.2 Å². The number of ether oxygens (including phenoxy) is 2. The quantitative estimate of drug-likeness (QED) is 0.728. The molecule has 2 aromatic rings. The van der Waals surface area contributed by atoms with Crippen LogP contribution in [0, 0.1) is 0 Å². The highest BCUT2D eigenvalue weighted by atomic mass is 16.6. The molecule has 0 saturated carbocycles. The summed E-state index contributed by atoms with van der Waals surface area (Å²) in [7, 11) is 0. The Hall–Kier alpha value is -2.66. The molecule has 1 fully saturated rings. The predicted molar refractivity (Wildman–Crippen MR) is 93.1 cm³/mol. The van der Waals surface area contributed by atoms with Crippen LogP contribution >= 0.6 is 0 Å². The van der Waals surface area contributed by atoms with Crippen LogP contribution in [0.3, 0.4) is 0 Å². The minimum atomic E-state index is -0.586. The van der Waals surface area contributed by atoms with Gasteiger partial charge in [-0.25, -0.2) is 9.69 Å².